The molecule has 2 atom stereocenters. The van der Waals surface area contributed by atoms with Crippen LogP contribution in [0.5, 0.6) is 5.75 Å². The molecule has 2 amide bonds. The smallest absolute Gasteiger partial charge is 0.255 e. The Kier molecular flexibility index (Phi) is 9.18. The molecular weight excluding hydrogens is 488 g/mol. The van der Waals surface area contributed by atoms with Crippen molar-refractivity contribution in [2.45, 2.75) is 56.4 Å². The van der Waals surface area contributed by atoms with Gasteiger partial charge in [0.05, 0.1) is 18.6 Å². The average Bonchev–Trinajstić information content (AvgIpc) is 3.02. The number of amides is 2. The van der Waals surface area contributed by atoms with E-state index in [0.29, 0.717) is 24.4 Å². The summed E-state index contributed by atoms with van der Waals surface area (Å²) in [6.45, 7) is 5.58. The van der Waals surface area contributed by atoms with E-state index >= 15 is 0 Å². The number of benzene rings is 3. The minimum atomic E-state index is -0.125. The summed E-state index contributed by atoms with van der Waals surface area (Å²) < 4.78 is 5.34. The molecule has 1 fully saturated rings. The fourth-order valence-corrected chi connectivity index (χ4v) is 6.36. The van der Waals surface area contributed by atoms with Gasteiger partial charge in [-0.25, -0.2) is 0 Å². The molecule has 3 aromatic rings. The standard InChI is InChI=1S/C32H36N2O3.CH2O/c1-3-32(23-11-5-4-6-12-23)20-17-26(25-13-7-9-15-28(25)32)31(36)34-21-18-24(19-22-34)33-30(35)27-14-8-10-16-29(27)37-2;1-2/h4-16,24,26H,3,17-22H2,1-2H3,(H,33,35);1H2/t26-,32-;/m0./s1. The van der Waals surface area contributed by atoms with E-state index in [1.165, 1.54) is 16.7 Å². The summed E-state index contributed by atoms with van der Waals surface area (Å²) in [6.07, 6.45) is 4.33. The monoisotopic (exact) mass is 526 g/mol. The predicted molar refractivity (Wildman–Crippen MR) is 153 cm³/mol. The molecule has 0 radical (unpaired) electrons. The van der Waals surface area contributed by atoms with Crippen molar-refractivity contribution < 1.29 is 19.1 Å². The average molecular weight is 527 g/mol. The van der Waals surface area contributed by atoms with Crippen molar-refractivity contribution >= 4 is 18.6 Å². The van der Waals surface area contributed by atoms with Crippen molar-refractivity contribution in [3.05, 3.63) is 101 Å². The van der Waals surface area contributed by atoms with Crippen LogP contribution in [0, 0.1) is 0 Å². The normalized spacial score (nSPS) is 20.7. The van der Waals surface area contributed by atoms with Crippen LogP contribution in [-0.4, -0.2) is 49.7 Å². The molecule has 1 aliphatic carbocycles. The number of ether oxygens (including phenoxy) is 1. The Balaban J connectivity index is 0.00000172. The van der Waals surface area contributed by atoms with Gasteiger partial charge in [-0.2, -0.15) is 0 Å². The lowest BCUT2D eigenvalue weighted by atomic mass is 9.62. The SMILES string of the molecule is C=O.CC[C@@]1(c2ccccc2)CC[C@H](C(=O)N2CCC(NC(=O)c3ccccc3OC)CC2)c2ccccc21. The Hall–Kier alpha value is -3.93. The Morgan fingerprint density at radius 2 is 1.56 bits per heavy atom. The van der Waals surface area contributed by atoms with Gasteiger partial charge in [0.2, 0.25) is 5.91 Å². The number of para-hydroxylation sites is 1. The van der Waals surface area contributed by atoms with E-state index in [2.05, 4.69) is 66.8 Å². The third-order valence-corrected chi connectivity index (χ3v) is 8.43. The van der Waals surface area contributed by atoms with Gasteiger partial charge in [0, 0.05) is 24.5 Å². The Labute approximate surface area is 231 Å². The highest BCUT2D eigenvalue weighted by atomic mass is 16.5. The van der Waals surface area contributed by atoms with Crippen LogP contribution in [0.2, 0.25) is 0 Å². The highest BCUT2D eigenvalue weighted by Gasteiger charge is 2.43. The van der Waals surface area contributed by atoms with Crippen LogP contribution in [-0.2, 0) is 15.0 Å². The van der Waals surface area contributed by atoms with Crippen molar-refractivity contribution in [2.24, 2.45) is 0 Å². The Morgan fingerprint density at radius 3 is 2.26 bits per heavy atom. The number of likely N-dealkylation sites (tertiary alicyclic amines) is 1. The second kappa shape index (κ2) is 12.7. The molecule has 0 aromatic heterocycles. The number of hydrogen-bond donors (Lipinski definition) is 1. The topological polar surface area (TPSA) is 75.7 Å². The van der Waals surface area contributed by atoms with Gasteiger partial charge < -0.3 is 19.7 Å². The zero-order chi connectivity index (χ0) is 27.8. The molecular formula is C33H38N2O4. The molecule has 3 aromatic carbocycles. The number of nitrogens with one attached hydrogen (secondary N) is 1. The molecule has 5 rings (SSSR count). The summed E-state index contributed by atoms with van der Waals surface area (Å²) in [5.41, 5.74) is 4.30. The van der Waals surface area contributed by atoms with Gasteiger partial charge in [0.25, 0.3) is 5.91 Å². The zero-order valence-electron chi connectivity index (χ0n) is 22.9. The summed E-state index contributed by atoms with van der Waals surface area (Å²) in [5.74, 6) is 0.557. The number of rotatable bonds is 6. The van der Waals surface area contributed by atoms with E-state index < -0.39 is 0 Å². The van der Waals surface area contributed by atoms with Gasteiger partial charge in [-0.05, 0) is 60.9 Å². The molecule has 204 valence electrons. The summed E-state index contributed by atoms with van der Waals surface area (Å²) in [5, 5.41) is 3.14. The maximum absolute atomic E-state index is 13.8. The predicted octanol–water partition coefficient (Wildman–Crippen LogP) is 5.50. The summed E-state index contributed by atoms with van der Waals surface area (Å²) in [4.78, 5) is 36.6. The van der Waals surface area contributed by atoms with Gasteiger partial charge in [0.15, 0.2) is 0 Å². The van der Waals surface area contributed by atoms with Crippen molar-refractivity contribution in [3.8, 4) is 5.75 Å². The van der Waals surface area contributed by atoms with Crippen LogP contribution in [0.15, 0.2) is 78.9 Å². The van der Waals surface area contributed by atoms with Crippen LogP contribution in [0.25, 0.3) is 0 Å². The molecule has 2 aliphatic rings. The van der Waals surface area contributed by atoms with Gasteiger partial charge in [0.1, 0.15) is 12.5 Å². The van der Waals surface area contributed by atoms with E-state index in [-0.39, 0.29) is 29.2 Å². The third kappa shape index (κ3) is 5.60. The lowest BCUT2D eigenvalue weighted by molar-refractivity contribution is -0.134. The first-order valence-electron chi connectivity index (χ1n) is 13.7. The third-order valence-electron chi connectivity index (χ3n) is 8.43. The maximum Gasteiger partial charge on any atom is 0.255 e. The number of carbonyl (C=O) groups excluding carboxylic acids is 3. The van der Waals surface area contributed by atoms with Crippen LogP contribution in [0.3, 0.4) is 0 Å². The molecule has 0 bridgehead atoms. The molecule has 6 heteroatoms. The Bertz CT molecular complexity index is 1270. The van der Waals surface area contributed by atoms with Crippen LogP contribution in [0.4, 0.5) is 0 Å². The van der Waals surface area contributed by atoms with E-state index in [9.17, 15) is 9.59 Å². The van der Waals surface area contributed by atoms with Gasteiger partial charge in [-0.3, -0.25) is 9.59 Å². The quantitative estimate of drug-likeness (QED) is 0.460. The summed E-state index contributed by atoms with van der Waals surface area (Å²) in [7, 11) is 1.57. The van der Waals surface area contributed by atoms with Gasteiger partial charge in [-0.15, -0.1) is 0 Å². The highest BCUT2D eigenvalue weighted by Crippen LogP contribution is 2.49. The van der Waals surface area contributed by atoms with E-state index in [1.807, 2.05) is 23.8 Å². The van der Waals surface area contributed by atoms with Crippen molar-refractivity contribution in [3.63, 3.8) is 0 Å². The highest BCUT2D eigenvalue weighted by molar-refractivity contribution is 5.97. The molecule has 39 heavy (non-hydrogen) atoms. The first kappa shape index (κ1) is 28.1. The molecule has 0 unspecified atom stereocenters. The number of hydrogen-bond acceptors (Lipinski definition) is 4. The van der Waals surface area contributed by atoms with Gasteiger partial charge >= 0.3 is 0 Å². The fourth-order valence-electron chi connectivity index (χ4n) is 6.36. The van der Waals surface area contributed by atoms with Crippen LogP contribution in [0.1, 0.15) is 72.0 Å². The molecule has 0 saturated carbocycles. The van der Waals surface area contributed by atoms with Crippen LogP contribution < -0.4 is 10.1 Å². The number of nitrogens with zero attached hydrogens (tertiary/aromatic N) is 1. The Morgan fingerprint density at radius 1 is 0.923 bits per heavy atom. The molecule has 1 saturated heterocycles. The van der Waals surface area contributed by atoms with Crippen molar-refractivity contribution in [1.29, 1.82) is 0 Å². The first-order valence-corrected chi connectivity index (χ1v) is 13.7. The second-order valence-electron chi connectivity index (χ2n) is 10.3. The number of methoxy groups -OCH3 is 1. The minimum absolute atomic E-state index is 0.0472. The number of piperidine rings is 1. The molecule has 0 spiro atoms. The van der Waals surface area contributed by atoms with Crippen molar-refractivity contribution in [2.75, 3.05) is 20.2 Å². The van der Waals surface area contributed by atoms with Crippen LogP contribution >= 0.6 is 0 Å². The van der Waals surface area contributed by atoms with E-state index in [1.54, 1.807) is 19.2 Å². The fraction of sp³-hybridized carbons (Fsp3) is 0.364. The molecule has 1 aliphatic heterocycles. The molecule has 6 nitrogen and oxygen atoms in total. The van der Waals surface area contributed by atoms with Gasteiger partial charge in [-0.1, -0.05) is 73.7 Å². The van der Waals surface area contributed by atoms with Crippen molar-refractivity contribution in [1.82, 2.24) is 10.2 Å². The first-order chi connectivity index (χ1) is 19.1. The van der Waals surface area contributed by atoms with E-state index in [0.717, 1.165) is 32.1 Å². The molecule has 1 N–H and O–H groups in total. The summed E-state index contributed by atoms with van der Waals surface area (Å²) in [6, 6.07) is 26.6. The maximum atomic E-state index is 13.8. The lowest BCUT2D eigenvalue weighted by Crippen LogP contribution is -2.48. The largest absolute Gasteiger partial charge is 0.496 e. The zero-order valence-corrected chi connectivity index (χ0v) is 22.9. The summed E-state index contributed by atoms with van der Waals surface area (Å²) >= 11 is 0. The second-order valence-corrected chi connectivity index (χ2v) is 10.3. The molecule has 1 heterocycles. The number of fused-ring (bicyclic) bond motifs is 1. The minimum Gasteiger partial charge on any atom is -0.496 e. The lowest BCUT2D eigenvalue weighted by Gasteiger charge is -2.43. The number of carbonyl (C=O) groups is 3. The van der Waals surface area contributed by atoms with E-state index in [4.69, 9.17) is 9.53 Å².